The molecule has 154 valence electrons. The Balaban J connectivity index is 0.000000360. The zero-order valence-electron chi connectivity index (χ0n) is 17.1. The number of benzene rings is 1. The molecule has 0 atom stereocenters. The summed E-state index contributed by atoms with van der Waals surface area (Å²) >= 11 is 0. The molecule has 7 nitrogen and oxygen atoms in total. The summed E-state index contributed by atoms with van der Waals surface area (Å²) < 4.78 is 9.99. The van der Waals surface area contributed by atoms with Crippen molar-refractivity contribution in [1.29, 1.82) is 0 Å². The maximum atomic E-state index is 12.4. The van der Waals surface area contributed by atoms with E-state index in [0.717, 1.165) is 11.1 Å². The number of anilines is 1. The lowest BCUT2D eigenvalue weighted by Crippen LogP contribution is -2.26. The molecule has 0 radical (unpaired) electrons. The molecule has 1 aliphatic heterocycles. The van der Waals surface area contributed by atoms with Crippen molar-refractivity contribution in [1.82, 2.24) is 9.88 Å². The zero-order chi connectivity index (χ0) is 21.2. The third kappa shape index (κ3) is 6.07. The van der Waals surface area contributed by atoms with E-state index in [1.807, 2.05) is 43.3 Å². The summed E-state index contributed by atoms with van der Waals surface area (Å²) in [4.78, 5) is 29.0. The number of ether oxygens (including phenoxy) is 2. The average molecular weight is 397 g/mol. The van der Waals surface area contributed by atoms with Gasteiger partial charge in [0.25, 0.3) is 5.91 Å². The molecule has 0 bridgehead atoms. The minimum atomic E-state index is -0.224. The van der Waals surface area contributed by atoms with E-state index in [9.17, 15) is 9.59 Å². The smallest absolute Gasteiger partial charge is 0.305 e. The molecule has 0 aliphatic carbocycles. The number of esters is 1. The first kappa shape index (κ1) is 21.9. The molecule has 0 saturated heterocycles. The third-order valence-corrected chi connectivity index (χ3v) is 4.52. The van der Waals surface area contributed by atoms with Crippen LogP contribution in [0.1, 0.15) is 24.5 Å². The van der Waals surface area contributed by atoms with Gasteiger partial charge in [-0.2, -0.15) is 0 Å². The third-order valence-electron chi connectivity index (χ3n) is 4.52. The van der Waals surface area contributed by atoms with Gasteiger partial charge in [-0.05, 0) is 36.6 Å². The van der Waals surface area contributed by atoms with Crippen molar-refractivity contribution in [3.05, 3.63) is 65.5 Å². The molecular weight excluding hydrogens is 370 g/mol. The van der Waals surface area contributed by atoms with Crippen molar-refractivity contribution in [3.8, 4) is 0 Å². The number of hydrogen-bond acceptors (Lipinski definition) is 6. The van der Waals surface area contributed by atoms with Crippen LogP contribution in [-0.4, -0.2) is 49.1 Å². The Bertz CT molecular complexity index is 848. The lowest BCUT2D eigenvalue weighted by atomic mass is 10.0. The van der Waals surface area contributed by atoms with E-state index >= 15 is 0 Å². The average Bonchev–Trinajstić information content (AvgIpc) is 3.08. The second-order valence-corrected chi connectivity index (χ2v) is 6.35. The highest BCUT2D eigenvalue weighted by Gasteiger charge is 2.31. The Hall–Kier alpha value is -3.35. The van der Waals surface area contributed by atoms with Gasteiger partial charge in [0.1, 0.15) is 11.6 Å². The van der Waals surface area contributed by atoms with Crippen LogP contribution < -0.4 is 5.73 Å². The Kier molecular flexibility index (Phi) is 8.21. The Labute approximate surface area is 171 Å². The van der Waals surface area contributed by atoms with E-state index in [1.54, 1.807) is 24.3 Å². The van der Waals surface area contributed by atoms with Gasteiger partial charge in [0.15, 0.2) is 0 Å². The maximum absolute atomic E-state index is 12.4. The number of aryl methyl sites for hydroxylation is 1. The summed E-state index contributed by atoms with van der Waals surface area (Å²) in [5.74, 6) is 1.05. The first-order valence-corrected chi connectivity index (χ1v) is 9.39. The molecule has 0 unspecified atom stereocenters. The van der Waals surface area contributed by atoms with Crippen LogP contribution >= 0.6 is 0 Å². The predicted molar refractivity (Wildman–Crippen MR) is 112 cm³/mol. The van der Waals surface area contributed by atoms with Crippen LogP contribution in [0.5, 0.6) is 0 Å². The first-order chi connectivity index (χ1) is 14.0. The van der Waals surface area contributed by atoms with E-state index < -0.39 is 0 Å². The molecule has 2 heterocycles. The van der Waals surface area contributed by atoms with E-state index in [2.05, 4.69) is 9.72 Å². The summed E-state index contributed by atoms with van der Waals surface area (Å²) in [6, 6.07) is 13.1. The molecule has 3 rings (SSSR count). The molecule has 0 spiro atoms. The Morgan fingerprint density at radius 3 is 2.38 bits per heavy atom. The highest BCUT2D eigenvalue weighted by atomic mass is 16.5. The molecule has 1 aromatic carbocycles. The molecule has 1 aliphatic rings. The number of hydrogen-bond donors (Lipinski definition) is 1. The number of amides is 1. The summed E-state index contributed by atoms with van der Waals surface area (Å²) in [7, 11) is 2.97. The molecule has 0 saturated carbocycles. The first-order valence-electron chi connectivity index (χ1n) is 9.39. The van der Waals surface area contributed by atoms with Crippen LogP contribution in [0.15, 0.2) is 54.4 Å². The second-order valence-electron chi connectivity index (χ2n) is 6.35. The highest BCUT2D eigenvalue weighted by Crippen LogP contribution is 2.28. The number of methoxy groups -OCH3 is 2. The minimum Gasteiger partial charge on any atom is -0.498 e. The fourth-order valence-electron chi connectivity index (χ4n) is 2.87. The van der Waals surface area contributed by atoms with E-state index in [0.29, 0.717) is 43.1 Å². The lowest BCUT2D eigenvalue weighted by molar-refractivity contribution is -0.140. The SMILES string of the molecule is CCN1CC(OC)=C(c2ccc(CCC(=O)OC)cc2)C1=O.Nc1ccccn1. The number of nitrogen functional groups attached to an aromatic ring is 1. The van der Waals surface area contributed by atoms with E-state index in [4.69, 9.17) is 10.5 Å². The van der Waals surface area contributed by atoms with Crippen LogP contribution in [0.4, 0.5) is 5.82 Å². The lowest BCUT2D eigenvalue weighted by Gasteiger charge is -2.12. The minimum absolute atomic E-state index is 0.00154. The van der Waals surface area contributed by atoms with Crippen molar-refractivity contribution < 1.29 is 19.1 Å². The predicted octanol–water partition coefficient (Wildman–Crippen LogP) is 2.68. The number of aromatic nitrogens is 1. The van der Waals surface area contributed by atoms with Gasteiger partial charge >= 0.3 is 5.97 Å². The number of nitrogens with zero attached hydrogens (tertiary/aromatic N) is 2. The maximum Gasteiger partial charge on any atom is 0.305 e. The molecular formula is C22H27N3O4. The molecule has 29 heavy (non-hydrogen) atoms. The summed E-state index contributed by atoms with van der Waals surface area (Å²) in [6.07, 6.45) is 2.64. The number of likely N-dealkylation sites (N-methyl/N-ethyl adjacent to an activating group) is 1. The molecule has 1 amide bonds. The van der Waals surface area contributed by atoms with Gasteiger partial charge in [-0.25, -0.2) is 4.98 Å². The topological polar surface area (TPSA) is 94.8 Å². The normalized spacial score (nSPS) is 13.1. The van der Waals surface area contributed by atoms with Crippen molar-refractivity contribution in [2.75, 3.05) is 33.0 Å². The van der Waals surface area contributed by atoms with Gasteiger partial charge < -0.3 is 20.1 Å². The van der Waals surface area contributed by atoms with Crippen LogP contribution in [0.2, 0.25) is 0 Å². The van der Waals surface area contributed by atoms with Crippen LogP contribution in [0, 0.1) is 0 Å². The molecule has 1 aromatic heterocycles. The molecule has 7 heteroatoms. The highest BCUT2D eigenvalue weighted by molar-refractivity contribution is 6.22. The summed E-state index contributed by atoms with van der Waals surface area (Å²) in [6.45, 7) is 3.13. The molecule has 2 N–H and O–H groups in total. The Morgan fingerprint density at radius 2 is 1.90 bits per heavy atom. The van der Waals surface area contributed by atoms with E-state index in [-0.39, 0.29) is 11.9 Å². The number of pyridine rings is 1. The largest absolute Gasteiger partial charge is 0.498 e. The number of carbonyl (C=O) groups is 2. The number of nitrogens with two attached hydrogens (primary N) is 1. The zero-order valence-corrected chi connectivity index (χ0v) is 17.1. The van der Waals surface area contributed by atoms with Crippen LogP contribution in [0.3, 0.4) is 0 Å². The monoisotopic (exact) mass is 397 g/mol. The fraction of sp³-hybridized carbons (Fsp3) is 0.318. The van der Waals surface area contributed by atoms with Crippen LogP contribution in [0.25, 0.3) is 5.57 Å². The van der Waals surface area contributed by atoms with Crippen molar-refractivity contribution in [3.63, 3.8) is 0 Å². The van der Waals surface area contributed by atoms with Crippen molar-refractivity contribution in [2.45, 2.75) is 19.8 Å². The van der Waals surface area contributed by atoms with Crippen molar-refractivity contribution in [2.24, 2.45) is 0 Å². The fourth-order valence-corrected chi connectivity index (χ4v) is 2.87. The van der Waals surface area contributed by atoms with Gasteiger partial charge in [0.05, 0.1) is 26.3 Å². The Morgan fingerprint density at radius 1 is 1.17 bits per heavy atom. The summed E-state index contributed by atoms with van der Waals surface area (Å²) in [5, 5.41) is 0. The molecule has 0 fully saturated rings. The number of rotatable bonds is 6. The van der Waals surface area contributed by atoms with Gasteiger partial charge in [-0.3, -0.25) is 9.59 Å². The number of carbonyl (C=O) groups excluding carboxylic acids is 2. The van der Waals surface area contributed by atoms with Gasteiger partial charge in [-0.15, -0.1) is 0 Å². The summed E-state index contributed by atoms with van der Waals surface area (Å²) in [5.41, 5.74) is 7.76. The standard InChI is InChI=1S/C17H21NO4.C5H6N2/c1-4-18-11-14(21-2)16(17(18)20)13-8-5-12(6-9-13)7-10-15(19)22-3;6-5-3-1-2-4-7-5/h5-6,8-9H,4,7,10-11H2,1-3H3;1-4H,(H2,6,7). The second kappa shape index (κ2) is 10.8. The molecule has 2 aromatic rings. The van der Waals surface area contributed by atoms with Gasteiger partial charge in [0.2, 0.25) is 0 Å². The van der Waals surface area contributed by atoms with Crippen LogP contribution in [-0.2, 0) is 25.5 Å². The quantitative estimate of drug-likeness (QED) is 0.753. The van der Waals surface area contributed by atoms with Gasteiger partial charge in [-0.1, -0.05) is 30.3 Å². The van der Waals surface area contributed by atoms with E-state index in [1.165, 1.54) is 7.11 Å². The van der Waals surface area contributed by atoms with Gasteiger partial charge in [0, 0.05) is 19.2 Å². The van der Waals surface area contributed by atoms with Crippen molar-refractivity contribution >= 4 is 23.3 Å².